The first-order valence-electron chi connectivity index (χ1n) is 15.5. The first-order valence-corrected chi connectivity index (χ1v) is 17.4. The number of fused-ring (bicyclic) bond motifs is 2. The minimum absolute atomic E-state index is 0.0201. The maximum Gasteiger partial charge on any atom is 0.420 e. The zero-order valence-electron chi connectivity index (χ0n) is 27.5. The largest absolute Gasteiger partial charge is 0.483 e. The van der Waals surface area contributed by atoms with Crippen molar-refractivity contribution in [2.75, 3.05) is 47.5 Å². The Balaban J connectivity index is 1.54. The summed E-state index contributed by atoms with van der Waals surface area (Å²) < 4.78 is 42.5. The number of carbonyl (C=O) groups excluding carboxylic acids is 2. The second-order valence-corrected chi connectivity index (χ2v) is 16.4. The molecule has 0 aliphatic carbocycles. The number of carbonyl (C=O) groups is 2. The van der Waals surface area contributed by atoms with E-state index in [1.165, 1.54) is 11.2 Å². The number of piperidine rings is 1. The SMILES string of the molecule is Cc1cc(C2CCN(C(=O)OC(C)(C)C)CC2)cc2c1OC(C)c1c(N3CCS(=O)(=O)CC3)ncnc1N2C(=O)OC(C)(C)C. The molecule has 2 aromatic rings. The molecule has 1 atom stereocenters. The minimum atomic E-state index is -3.12. The van der Waals surface area contributed by atoms with Crippen LogP contribution in [0.25, 0.3) is 0 Å². The summed E-state index contributed by atoms with van der Waals surface area (Å²) in [7, 11) is -3.12. The lowest BCUT2D eigenvalue weighted by molar-refractivity contribution is 0.0204. The highest BCUT2D eigenvalue weighted by Crippen LogP contribution is 2.48. The molecule has 5 rings (SSSR count). The van der Waals surface area contributed by atoms with Crippen LogP contribution in [0, 0.1) is 6.92 Å². The van der Waals surface area contributed by atoms with E-state index in [0.29, 0.717) is 41.7 Å². The molecule has 0 spiro atoms. The van der Waals surface area contributed by atoms with Crippen molar-refractivity contribution in [2.45, 2.75) is 91.5 Å². The summed E-state index contributed by atoms with van der Waals surface area (Å²) in [5.41, 5.74) is 1.64. The van der Waals surface area contributed by atoms with Gasteiger partial charge in [0.2, 0.25) is 0 Å². The Morgan fingerprint density at radius 1 is 0.889 bits per heavy atom. The van der Waals surface area contributed by atoms with Gasteiger partial charge in [-0.15, -0.1) is 0 Å². The summed E-state index contributed by atoms with van der Waals surface area (Å²) in [6, 6.07) is 4.06. The van der Waals surface area contributed by atoms with Gasteiger partial charge in [0.25, 0.3) is 0 Å². The number of aryl methyl sites for hydroxylation is 1. The Morgan fingerprint density at radius 2 is 1.47 bits per heavy atom. The highest BCUT2D eigenvalue weighted by Gasteiger charge is 2.39. The molecule has 0 N–H and O–H groups in total. The smallest absolute Gasteiger partial charge is 0.420 e. The van der Waals surface area contributed by atoms with Crippen molar-refractivity contribution in [1.29, 1.82) is 0 Å². The second-order valence-electron chi connectivity index (χ2n) is 14.1. The standard InChI is InChI=1S/C32H45N5O7S/c1-20-17-23(22-9-11-36(12-10-22)29(38)43-31(3,4)5)18-24-26(20)42-21(2)25-27(35-13-15-45(40,41)16-14-35)33-19-34-28(25)37(24)30(39)44-32(6,7)8/h17-19,21-22H,9-16H2,1-8H3. The number of rotatable bonds is 2. The molecule has 13 heteroatoms. The molecular weight excluding hydrogens is 598 g/mol. The van der Waals surface area contributed by atoms with Gasteiger partial charge in [0, 0.05) is 26.2 Å². The third-order valence-corrected chi connectivity index (χ3v) is 9.72. The predicted molar refractivity (Wildman–Crippen MR) is 171 cm³/mol. The van der Waals surface area contributed by atoms with E-state index < -0.39 is 33.2 Å². The van der Waals surface area contributed by atoms with Crippen LogP contribution in [0.15, 0.2) is 18.5 Å². The molecular formula is C32H45N5O7S. The average Bonchev–Trinajstić information content (AvgIpc) is 3.05. The van der Waals surface area contributed by atoms with Crippen LogP contribution in [-0.2, 0) is 19.3 Å². The van der Waals surface area contributed by atoms with Crippen molar-refractivity contribution in [1.82, 2.24) is 14.9 Å². The molecule has 2 fully saturated rings. The van der Waals surface area contributed by atoms with Crippen LogP contribution in [0.4, 0.5) is 26.9 Å². The van der Waals surface area contributed by atoms with E-state index >= 15 is 0 Å². The van der Waals surface area contributed by atoms with Crippen LogP contribution in [-0.4, -0.2) is 84.4 Å². The van der Waals surface area contributed by atoms with Crippen LogP contribution >= 0.6 is 0 Å². The Hall–Kier alpha value is -3.61. The number of ether oxygens (including phenoxy) is 3. The zero-order valence-corrected chi connectivity index (χ0v) is 28.4. The lowest BCUT2D eigenvalue weighted by atomic mass is 9.88. The van der Waals surface area contributed by atoms with Gasteiger partial charge < -0.3 is 24.0 Å². The fraction of sp³-hybridized carbons (Fsp3) is 0.625. The third-order valence-electron chi connectivity index (χ3n) is 8.11. The molecule has 3 aliphatic rings. The molecule has 1 aromatic carbocycles. The zero-order chi connectivity index (χ0) is 32.9. The van der Waals surface area contributed by atoms with Crippen LogP contribution in [0.2, 0.25) is 0 Å². The molecule has 3 aliphatic heterocycles. The minimum Gasteiger partial charge on any atom is -0.483 e. The Morgan fingerprint density at radius 3 is 2.07 bits per heavy atom. The van der Waals surface area contributed by atoms with Gasteiger partial charge >= 0.3 is 12.2 Å². The highest BCUT2D eigenvalue weighted by molar-refractivity contribution is 7.91. The molecule has 2 amide bonds. The van der Waals surface area contributed by atoms with Crippen molar-refractivity contribution in [3.8, 4) is 5.75 Å². The van der Waals surface area contributed by atoms with Crippen LogP contribution in [0.5, 0.6) is 5.75 Å². The normalized spacial score (nSPS) is 20.4. The second kappa shape index (κ2) is 12.0. The lowest BCUT2D eigenvalue weighted by Crippen LogP contribution is -2.42. The molecule has 0 saturated carbocycles. The Labute approximate surface area is 266 Å². The van der Waals surface area contributed by atoms with E-state index in [2.05, 4.69) is 16.0 Å². The molecule has 0 radical (unpaired) electrons. The summed E-state index contributed by atoms with van der Waals surface area (Å²) >= 11 is 0. The molecule has 0 bridgehead atoms. The topological polar surface area (TPSA) is 131 Å². The predicted octanol–water partition coefficient (Wildman–Crippen LogP) is 5.66. The van der Waals surface area contributed by atoms with E-state index in [1.807, 2.05) is 66.4 Å². The van der Waals surface area contributed by atoms with Crippen LogP contribution in [0.3, 0.4) is 0 Å². The fourth-order valence-electron chi connectivity index (χ4n) is 6.00. The number of likely N-dealkylation sites (tertiary alicyclic amines) is 1. The monoisotopic (exact) mass is 643 g/mol. The summed E-state index contributed by atoms with van der Waals surface area (Å²) in [4.78, 5) is 41.0. The highest BCUT2D eigenvalue weighted by atomic mass is 32.2. The molecule has 4 heterocycles. The summed E-state index contributed by atoms with van der Waals surface area (Å²) in [5, 5.41) is 0. The number of sulfone groups is 1. The molecule has 12 nitrogen and oxygen atoms in total. The first kappa shape index (κ1) is 32.8. The third kappa shape index (κ3) is 7.29. The maximum atomic E-state index is 14.0. The molecule has 1 unspecified atom stereocenters. The molecule has 2 saturated heterocycles. The van der Waals surface area contributed by atoms with Crippen molar-refractivity contribution < 1.29 is 32.2 Å². The number of amides is 2. The van der Waals surface area contributed by atoms with Gasteiger partial charge in [0.15, 0.2) is 15.7 Å². The van der Waals surface area contributed by atoms with Crippen molar-refractivity contribution in [2.24, 2.45) is 0 Å². The fourth-order valence-corrected chi connectivity index (χ4v) is 7.20. The van der Waals surface area contributed by atoms with Gasteiger partial charge in [0.1, 0.15) is 35.2 Å². The van der Waals surface area contributed by atoms with Crippen molar-refractivity contribution in [3.63, 3.8) is 0 Å². The average molecular weight is 644 g/mol. The van der Waals surface area contributed by atoms with Gasteiger partial charge in [-0.2, -0.15) is 0 Å². The van der Waals surface area contributed by atoms with Gasteiger partial charge in [-0.25, -0.2) is 32.9 Å². The lowest BCUT2D eigenvalue weighted by Gasteiger charge is -2.34. The Kier molecular flexibility index (Phi) is 8.71. The maximum absolute atomic E-state index is 14.0. The van der Waals surface area contributed by atoms with Crippen LogP contribution < -0.4 is 14.5 Å². The van der Waals surface area contributed by atoms with E-state index in [9.17, 15) is 18.0 Å². The molecule has 246 valence electrons. The van der Waals surface area contributed by atoms with Crippen LogP contribution in [0.1, 0.15) is 90.0 Å². The molecule has 45 heavy (non-hydrogen) atoms. The van der Waals surface area contributed by atoms with E-state index in [0.717, 1.165) is 24.0 Å². The summed E-state index contributed by atoms with van der Waals surface area (Å²) in [5.74, 6) is 1.60. The van der Waals surface area contributed by atoms with Gasteiger partial charge in [-0.05, 0) is 91.3 Å². The van der Waals surface area contributed by atoms with Gasteiger partial charge in [0.05, 0.1) is 22.8 Å². The summed E-state index contributed by atoms with van der Waals surface area (Å²) in [6.45, 7) is 16.5. The quantitative estimate of drug-likeness (QED) is 0.404. The number of hydrogen-bond donors (Lipinski definition) is 0. The van der Waals surface area contributed by atoms with Crippen molar-refractivity contribution in [3.05, 3.63) is 35.2 Å². The summed E-state index contributed by atoms with van der Waals surface area (Å²) in [6.07, 6.45) is 1.41. The number of anilines is 3. The van der Waals surface area contributed by atoms with E-state index in [4.69, 9.17) is 14.2 Å². The Bertz CT molecular complexity index is 1560. The van der Waals surface area contributed by atoms with Gasteiger partial charge in [-0.3, -0.25) is 0 Å². The number of nitrogens with zero attached hydrogens (tertiary/aromatic N) is 5. The van der Waals surface area contributed by atoms with Gasteiger partial charge in [-0.1, -0.05) is 6.07 Å². The molecule has 1 aromatic heterocycles. The van der Waals surface area contributed by atoms with E-state index in [-0.39, 0.29) is 36.6 Å². The van der Waals surface area contributed by atoms with E-state index in [1.54, 1.807) is 4.90 Å². The number of benzene rings is 1. The van der Waals surface area contributed by atoms with Crippen molar-refractivity contribution >= 4 is 39.3 Å². The number of aromatic nitrogens is 2. The first-order chi connectivity index (χ1) is 20.9. The number of hydrogen-bond acceptors (Lipinski definition) is 10.